The van der Waals surface area contributed by atoms with Gasteiger partial charge < -0.3 is 23.8 Å². The molecule has 0 spiro atoms. The summed E-state index contributed by atoms with van der Waals surface area (Å²) in [5.41, 5.74) is 1.66. The third kappa shape index (κ3) is 7.59. The Kier molecular flexibility index (Phi) is 10.9. The van der Waals surface area contributed by atoms with Gasteiger partial charge in [-0.3, -0.25) is 4.79 Å². The van der Waals surface area contributed by atoms with E-state index < -0.39 is 40.4 Å². The summed E-state index contributed by atoms with van der Waals surface area (Å²) in [6.45, 7) is 5.57. The average Bonchev–Trinajstić information content (AvgIpc) is 3.42. The lowest BCUT2D eigenvalue weighted by Gasteiger charge is -2.40. The van der Waals surface area contributed by atoms with E-state index in [1.54, 1.807) is 30.2 Å². The van der Waals surface area contributed by atoms with Gasteiger partial charge >= 0.3 is 6.09 Å². The van der Waals surface area contributed by atoms with Crippen LogP contribution in [0.15, 0.2) is 59.5 Å². The number of ether oxygens (including phenoxy) is 2. The van der Waals surface area contributed by atoms with Crippen LogP contribution in [-0.2, 0) is 22.5 Å². The largest absolute Gasteiger partial charge is 0.612 e. The van der Waals surface area contributed by atoms with Gasteiger partial charge in [-0.2, -0.15) is 0 Å². The molecule has 1 heterocycles. The Morgan fingerprint density at radius 2 is 1.67 bits per heavy atom. The number of thiophene rings is 1. The number of amides is 2. The Morgan fingerprint density at radius 1 is 1.02 bits per heavy atom. The maximum absolute atomic E-state index is 14.8. The number of carbonyl (C=O) groups is 2. The number of rotatable bonds is 8. The number of nitrogens with zero attached hydrogens (tertiary/aromatic N) is 2. The molecule has 1 fully saturated rings. The number of carbonyl (C=O) groups excluding carboxylic acids is 2. The lowest BCUT2D eigenvalue weighted by molar-refractivity contribution is 0.0144. The average molecular weight is 717 g/mol. The van der Waals surface area contributed by atoms with Crippen LogP contribution in [0.4, 0.5) is 13.6 Å². The Hall–Kier alpha value is -3.38. The van der Waals surface area contributed by atoms with E-state index in [9.17, 15) is 22.9 Å². The lowest BCUT2D eigenvalue weighted by atomic mass is 9.89. The third-order valence-electron chi connectivity index (χ3n) is 8.60. The van der Waals surface area contributed by atoms with Crippen LogP contribution in [0.2, 0.25) is 5.02 Å². The highest BCUT2D eigenvalue weighted by atomic mass is 35.5. The standard InChI is InChI=1S/C36H39ClF2N2O5S2/c1-36(2,3)46-35(43)40(4)23-12-14-24(15-13-23)41(34(42)33-31(37)30-26(38)16-17-27(39)32(30)47-33)20-22-19-21(11-18-28(22)45-5)25-9-7-8-10-29(25)48(6)44/h7-11,16-19,23-24H,12-15,20H2,1-6H3/t23-,24-,48?. The van der Waals surface area contributed by atoms with Gasteiger partial charge in [0.05, 0.1) is 22.2 Å². The maximum atomic E-state index is 14.8. The summed E-state index contributed by atoms with van der Waals surface area (Å²) >= 11 is 6.22. The fraction of sp³-hybridized carbons (Fsp3) is 0.389. The molecule has 0 saturated heterocycles. The predicted molar refractivity (Wildman–Crippen MR) is 187 cm³/mol. The molecule has 1 atom stereocenters. The van der Waals surface area contributed by atoms with E-state index in [1.807, 2.05) is 63.2 Å². The summed E-state index contributed by atoms with van der Waals surface area (Å²) in [7, 11) is 3.27. The minimum atomic E-state index is -1.24. The molecule has 48 heavy (non-hydrogen) atoms. The van der Waals surface area contributed by atoms with Gasteiger partial charge in [0, 0.05) is 36.8 Å². The molecule has 1 aromatic heterocycles. The summed E-state index contributed by atoms with van der Waals surface area (Å²) < 4.78 is 53.5. The highest BCUT2D eigenvalue weighted by molar-refractivity contribution is 7.90. The quantitative estimate of drug-likeness (QED) is 0.170. The molecule has 3 aromatic carbocycles. The van der Waals surface area contributed by atoms with E-state index >= 15 is 0 Å². The molecule has 2 amide bonds. The molecule has 7 nitrogen and oxygen atoms in total. The van der Waals surface area contributed by atoms with Crippen LogP contribution >= 0.6 is 22.9 Å². The van der Waals surface area contributed by atoms with Crippen molar-refractivity contribution in [3.05, 3.63) is 81.7 Å². The van der Waals surface area contributed by atoms with Crippen LogP contribution in [0, 0.1) is 11.6 Å². The Morgan fingerprint density at radius 3 is 2.29 bits per heavy atom. The summed E-state index contributed by atoms with van der Waals surface area (Å²) in [6, 6.07) is 14.7. The number of hydrogen-bond acceptors (Lipinski definition) is 6. The SMILES string of the molecule is COc1ccc(-c2ccccc2[S+](C)[O-])cc1CN(C(=O)c1sc2c(F)ccc(F)c2c1Cl)[C@H]1CC[C@H](N(C)C(=O)OC(C)(C)C)CC1. The van der Waals surface area contributed by atoms with E-state index in [4.69, 9.17) is 21.1 Å². The molecule has 1 aliphatic carbocycles. The Labute approximate surface area is 291 Å². The van der Waals surface area contributed by atoms with Crippen molar-refractivity contribution in [3.8, 4) is 16.9 Å². The number of halogens is 3. The molecule has 1 unspecified atom stereocenters. The van der Waals surface area contributed by atoms with Crippen LogP contribution in [0.3, 0.4) is 0 Å². The van der Waals surface area contributed by atoms with E-state index in [-0.39, 0.29) is 38.6 Å². The van der Waals surface area contributed by atoms with Gasteiger partial charge in [-0.1, -0.05) is 29.8 Å². The zero-order chi connectivity index (χ0) is 34.9. The van der Waals surface area contributed by atoms with Gasteiger partial charge in [0.1, 0.15) is 34.1 Å². The van der Waals surface area contributed by atoms with E-state index in [0.29, 0.717) is 41.9 Å². The van der Waals surface area contributed by atoms with Crippen LogP contribution < -0.4 is 4.74 Å². The van der Waals surface area contributed by atoms with Crippen LogP contribution in [0.1, 0.15) is 61.7 Å². The molecule has 0 aliphatic heterocycles. The number of methoxy groups -OCH3 is 1. The molecule has 12 heteroatoms. The number of benzene rings is 3. The minimum absolute atomic E-state index is 0.0188. The monoisotopic (exact) mass is 716 g/mol. The molecular formula is C36H39ClF2N2O5S2. The molecule has 1 saturated carbocycles. The van der Waals surface area contributed by atoms with Gasteiger partial charge in [-0.05, 0) is 99.6 Å². The van der Waals surface area contributed by atoms with Crippen LogP contribution in [0.5, 0.6) is 5.75 Å². The Bertz CT molecular complexity index is 1820. The normalized spacial score (nSPS) is 17.2. The van der Waals surface area contributed by atoms with Gasteiger partial charge in [-0.15, -0.1) is 11.3 Å². The lowest BCUT2D eigenvalue weighted by Crippen LogP contribution is -2.47. The molecule has 0 N–H and O–H groups in total. The van der Waals surface area contributed by atoms with Gasteiger partial charge in [0.25, 0.3) is 5.91 Å². The molecular weight excluding hydrogens is 678 g/mol. The smallest absolute Gasteiger partial charge is 0.410 e. The van der Waals surface area contributed by atoms with E-state index in [1.165, 1.54) is 0 Å². The molecule has 4 aromatic rings. The summed E-state index contributed by atoms with van der Waals surface area (Å²) in [6.07, 6.45) is 3.57. The zero-order valence-electron chi connectivity index (χ0n) is 27.8. The van der Waals surface area contributed by atoms with Crippen molar-refractivity contribution in [2.75, 3.05) is 20.4 Å². The number of fused-ring (bicyclic) bond motifs is 1. The zero-order valence-corrected chi connectivity index (χ0v) is 30.2. The van der Waals surface area contributed by atoms with Crippen LogP contribution in [-0.4, -0.2) is 64.5 Å². The molecule has 0 radical (unpaired) electrons. The molecule has 5 rings (SSSR count). The second-order valence-electron chi connectivity index (χ2n) is 12.9. The Balaban J connectivity index is 1.52. The first-order valence-corrected chi connectivity index (χ1v) is 18.4. The minimum Gasteiger partial charge on any atom is -0.612 e. The molecule has 1 aliphatic rings. The van der Waals surface area contributed by atoms with Crippen molar-refractivity contribution in [3.63, 3.8) is 0 Å². The molecule has 0 bridgehead atoms. The van der Waals surface area contributed by atoms with Crippen molar-refractivity contribution in [2.24, 2.45) is 0 Å². The van der Waals surface area contributed by atoms with Gasteiger partial charge in [0.2, 0.25) is 0 Å². The van der Waals surface area contributed by atoms with Gasteiger partial charge in [0.15, 0.2) is 4.90 Å². The maximum Gasteiger partial charge on any atom is 0.410 e. The van der Waals surface area contributed by atoms with E-state index in [2.05, 4.69) is 0 Å². The summed E-state index contributed by atoms with van der Waals surface area (Å²) in [5.74, 6) is -1.27. The summed E-state index contributed by atoms with van der Waals surface area (Å²) in [5, 5.41) is -0.239. The van der Waals surface area contributed by atoms with Crippen LogP contribution in [0.25, 0.3) is 21.2 Å². The second-order valence-corrected chi connectivity index (χ2v) is 15.7. The summed E-state index contributed by atoms with van der Waals surface area (Å²) in [4.78, 5) is 31.3. The highest BCUT2D eigenvalue weighted by Gasteiger charge is 2.36. The first-order chi connectivity index (χ1) is 22.7. The first kappa shape index (κ1) is 35.9. The predicted octanol–water partition coefficient (Wildman–Crippen LogP) is 9.07. The fourth-order valence-electron chi connectivity index (χ4n) is 6.18. The van der Waals surface area contributed by atoms with Crippen molar-refractivity contribution in [2.45, 2.75) is 75.6 Å². The first-order valence-electron chi connectivity index (χ1n) is 15.6. The van der Waals surface area contributed by atoms with Crippen molar-refractivity contribution in [1.82, 2.24) is 9.80 Å². The number of hydrogen-bond donors (Lipinski definition) is 0. The van der Waals surface area contributed by atoms with Gasteiger partial charge in [-0.25, -0.2) is 13.6 Å². The second kappa shape index (κ2) is 14.6. The van der Waals surface area contributed by atoms with E-state index in [0.717, 1.165) is 34.6 Å². The third-order valence-corrected chi connectivity index (χ3v) is 11.3. The fourth-order valence-corrected chi connectivity index (χ4v) is 8.45. The van der Waals surface area contributed by atoms with Crippen molar-refractivity contribution in [1.29, 1.82) is 0 Å². The van der Waals surface area contributed by atoms with Crippen molar-refractivity contribution < 1.29 is 32.4 Å². The van der Waals surface area contributed by atoms with Crippen molar-refractivity contribution >= 4 is 56.2 Å². The topological polar surface area (TPSA) is 82.1 Å². The molecule has 256 valence electrons. The highest BCUT2D eigenvalue weighted by Crippen LogP contribution is 2.41.